The summed E-state index contributed by atoms with van der Waals surface area (Å²) in [4.78, 5) is 39.6. The second-order valence-corrected chi connectivity index (χ2v) is 9.31. The van der Waals surface area contributed by atoms with E-state index in [0.29, 0.717) is 27.5 Å². The fourth-order valence-corrected chi connectivity index (χ4v) is 4.44. The molecule has 0 aliphatic carbocycles. The first-order valence-corrected chi connectivity index (χ1v) is 11.6. The molecule has 2 N–H and O–H groups in total. The fourth-order valence-electron chi connectivity index (χ4n) is 4.07. The standard InChI is InChI=1S/C27H23Cl2N3O3/c1-14-11-16(3)23(17(4)12-14)31-25(33)18-6-9-20(10-7-18)30-24-22(29)26(34)32(27(24)35)21-13-19(28)8-5-15(21)2/h5-13,30H,1-4H3,(H,31,33). The molecule has 3 amide bonds. The number of carbonyl (C=O) groups is 3. The van der Waals surface area contributed by atoms with Gasteiger partial charge in [0.2, 0.25) is 0 Å². The molecule has 0 fully saturated rings. The van der Waals surface area contributed by atoms with E-state index in [9.17, 15) is 14.4 Å². The number of nitrogens with zero attached hydrogens (tertiary/aromatic N) is 1. The molecule has 3 aromatic carbocycles. The second-order valence-electron chi connectivity index (χ2n) is 8.50. The zero-order valence-electron chi connectivity index (χ0n) is 19.6. The molecule has 0 radical (unpaired) electrons. The third-order valence-electron chi connectivity index (χ3n) is 5.77. The Kier molecular flexibility index (Phi) is 6.70. The van der Waals surface area contributed by atoms with Crippen LogP contribution in [0.25, 0.3) is 0 Å². The molecule has 6 nitrogen and oxygen atoms in total. The highest BCUT2D eigenvalue weighted by Gasteiger charge is 2.39. The zero-order valence-corrected chi connectivity index (χ0v) is 21.1. The van der Waals surface area contributed by atoms with Gasteiger partial charge in [-0.3, -0.25) is 14.4 Å². The van der Waals surface area contributed by atoms with Crippen LogP contribution in [-0.2, 0) is 9.59 Å². The van der Waals surface area contributed by atoms with Gasteiger partial charge < -0.3 is 10.6 Å². The Labute approximate surface area is 213 Å². The van der Waals surface area contributed by atoms with Gasteiger partial charge in [0, 0.05) is 22.0 Å². The van der Waals surface area contributed by atoms with Gasteiger partial charge in [-0.05, 0) is 80.8 Å². The van der Waals surface area contributed by atoms with Crippen LogP contribution in [0.4, 0.5) is 17.1 Å². The first-order valence-electron chi connectivity index (χ1n) is 10.9. The number of aryl methyl sites for hydroxylation is 4. The van der Waals surface area contributed by atoms with Crippen LogP contribution in [0.15, 0.2) is 65.3 Å². The minimum atomic E-state index is -0.635. The van der Waals surface area contributed by atoms with Crippen molar-refractivity contribution >= 4 is 58.0 Å². The highest BCUT2D eigenvalue weighted by molar-refractivity contribution is 6.53. The number of hydrogen-bond donors (Lipinski definition) is 2. The molecule has 0 unspecified atom stereocenters. The first kappa shape index (κ1) is 24.5. The van der Waals surface area contributed by atoms with Crippen molar-refractivity contribution in [3.05, 3.63) is 98.2 Å². The van der Waals surface area contributed by atoms with E-state index in [1.54, 1.807) is 49.4 Å². The summed E-state index contributed by atoms with van der Waals surface area (Å²) in [5, 5.41) is 6.05. The monoisotopic (exact) mass is 507 g/mol. The Bertz CT molecular complexity index is 1390. The highest BCUT2D eigenvalue weighted by atomic mass is 35.5. The van der Waals surface area contributed by atoms with Crippen LogP contribution in [0.2, 0.25) is 5.02 Å². The SMILES string of the molecule is Cc1cc(C)c(NC(=O)c2ccc(NC3=C(Cl)C(=O)N(c4cc(Cl)ccc4C)C3=O)cc2)c(C)c1. The van der Waals surface area contributed by atoms with Crippen LogP contribution in [0, 0.1) is 27.7 Å². The summed E-state index contributed by atoms with van der Waals surface area (Å²) in [6.45, 7) is 7.69. The lowest BCUT2D eigenvalue weighted by atomic mass is 10.0. The number of imide groups is 1. The summed E-state index contributed by atoms with van der Waals surface area (Å²) in [6, 6.07) is 15.5. The van der Waals surface area contributed by atoms with Gasteiger partial charge in [-0.15, -0.1) is 0 Å². The molecule has 0 spiro atoms. The number of halogens is 2. The summed E-state index contributed by atoms with van der Waals surface area (Å²) < 4.78 is 0. The number of hydrogen-bond acceptors (Lipinski definition) is 4. The van der Waals surface area contributed by atoms with Gasteiger partial charge in [0.15, 0.2) is 0 Å². The van der Waals surface area contributed by atoms with Gasteiger partial charge in [-0.25, -0.2) is 4.90 Å². The fraction of sp³-hybridized carbons (Fsp3) is 0.148. The second kappa shape index (κ2) is 9.56. The Morgan fingerprint density at radius 2 is 1.43 bits per heavy atom. The minimum Gasteiger partial charge on any atom is -0.350 e. The van der Waals surface area contributed by atoms with E-state index in [1.165, 1.54) is 0 Å². The lowest BCUT2D eigenvalue weighted by molar-refractivity contribution is -0.120. The molecule has 0 atom stereocenters. The highest BCUT2D eigenvalue weighted by Crippen LogP contribution is 2.33. The lowest BCUT2D eigenvalue weighted by Gasteiger charge is -2.18. The molecule has 8 heteroatoms. The van der Waals surface area contributed by atoms with Gasteiger partial charge in [0.1, 0.15) is 10.7 Å². The molecule has 1 aliphatic rings. The third kappa shape index (κ3) is 4.81. The molecule has 4 rings (SSSR count). The van der Waals surface area contributed by atoms with E-state index in [4.69, 9.17) is 23.2 Å². The Hall–Kier alpha value is -3.61. The van der Waals surface area contributed by atoms with Crippen LogP contribution < -0.4 is 15.5 Å². The predicted molar refractivity (Wildman–Crippen MR) is 140 cm³/mol. The quantitative estimate of drug-likeness (QED) is 0.399. The summed E-state index contributed by atoms with van der Waals surface area (Å²) in [6.07, 6.45) is 0. The van der Waals surface area contributed by atoms with Crippen molar-refractivity contribution < 1.29 is 14.4 Å². The maximum Gasteiger partial charge on any atom is 0.283 e. The number of nitrogens with one attached hydrogen (secondary N) is 2. The van der Waals surface area contributed by atoms with Crippen LogP contribution in [0.5, 0.6) is 0 Å². The van der Waals surface area contributed by atoms with Crippen molar-refractivity contribution in [2.75, 3.05) is 15.5 Å². The smallest absolute Gasteiger partial charge is 0.283 e. The van der Waals surface area contributed by atoms with Crippen molar-refractivity contribution in [3.8, 4) is 0 Å². The summed E-state index contributed by atoms with van der Waals surface area (Å²) in [7, 11) is 0. The van der Waals surface area contributed by atoms with Gasteiger partial charge in [-0.1, -0.05) is 47.0 Å². The number of anilines is 3. The molecular weight excluding hydrogens is 485 g/mol. The van der Waals surface area contributed by atoms with Crippen LogP contribution in [-0.4, -0.2) is 17.7 Å². The van der Waals surface area contributed by atoms with E-state index >= 15 is 0 Å². The minimum absolute atomic E-state index is 0.0425. The summed E-state index contributed by atoms with van der Waals surface area (Å²) >= 11 is 12.3. The maximum absolute atomic E-state index is 13.1. The summed E-state index contributed by atoms with van der Waals surface area (Å²) in [5.74, 6) is -1.47. The zero-order chi connectivity index (χ0) is 25.4. The predicted octanol–water partition coefficient (Wildman–Crippen LogP) is 6.26. The largest absolute Gasteiger partial charge is 0.350 e. The Balaban J connectivity index is 1.51. The van der Waals surface area contributed by atoms with Crippen molar-refractivity contribution in [1.29, 1.82) is 0 Å². The topological polar surface area (TPSA) is 78.5 Å². The molecular formula is C27H23Cl2N3O3. The van der Waals surface area contributed by atoms with Crippen molar-refractivity contribution in [3.63, 3.8) is 0 Å². The summed E-state index contributed by atoms with van der Waals surface area (Å²) in [5.41, 5.74) is 5.87. The molecule has 0 saturated carbocycles. The average molecular weight is 508 g/mol. The van der Waals surface area contributed by atoms with Gasteiger partial charge >= 0.3 is 0 Å². The average Bonchev–Trinajstić information content (AvgIpc) is 3.01. The molecule has 178 valence electrons. The first-order chi connectivity index (χ1) is 16.6. The number of benzene rings is 3. The van der Waals surface area contributed by atoms with Crippen molar-refractivity contribution in [1.82, 2.24) is 0 Å². The Morgan fingerprint density at radius 1 is 0.800 bits per heavy atom. The maximum atomic E-state index is 13.1. The van der Waals surface area contributed by atoms with E-state index < -0.39 is 11.8 Å². The third-order valence-corrected chi connectivity index (χ3v) is 6.36. The molecule has 0 aromatic heterocycles. The molecule has 0 saturated heterocycles. The van der Waals surface area contributed by atoms with Crippen molar-refractivity contribution in [2.45, 2.75) is 27.7 Å². The van der Waals surface area contributed by atoms with Gasteiger partial charge in [0.25, 0.3) is 17.7 Å². The van der Waals surface area contributed by atoms with Gasteiger partial charge in [-0.2, -0.15) is 0 Å². The number of amides is 3. The normalized spacial score (nSPS) is 13.5. The van der Waals surface area contributed by atoms with Crippen LogP contribution in [0.1, 0.15) is 32.6 Å². The number of rotatable bonds is 5. The van der Waals surface area contributed by atoms with E-state index in [1.807, 2.05) is 32.9 Å². The van der Waals surface area contributed by atoms with E-state index in [-0.39, 0.29) is 16.6 Å². The lowest BCUT2D eigenvalue weighted by Crippen LogP contribution is -2.32. The van der Waals surface area contributed by atoms with Crippen LogP contribution in [0.3, 0.4) is 0 Å². The van der Waals surface area contributed by atoms with Crippen molar-refractivity contribution in [2.24, 2.45) is 0 Å². The van der Waals surface area contributed by atoms with Crippen LogP contribution >= 0.6 is 23.2 Å². The van der Waals surface area contributed by atoms with E-state index in [0.717, 1.165) is 27.3 Å². The molecule has 1 heterocycles. The molecule has 0 bridgehead atoms. The molecule has 35 heavy (non-hydrogen) atoms. The number of carbonyl (C=O) groups excluding carboxylic acids is 3. The van der Waals surface area contributed by atoms with Gasteiger partial charge in [0.05, 0.1) is 5.69 Å². The molecule has 3 aromatic rings. The van der Waals surface area contributed by atoms with E-state index in [2.05, 4.69) is 10.6 Å². The Morgan fingerprint density at radius 3 is 2.06 bits per heavy atom. The molecule has 1 aliphatic heterocycles.